The van der Waals surface area contributed by atoms with Crippen molar-refractivity contribution >= 4 is 12.0 Å². The van der Waals surface area contributed by atoms with E-state index in [1.54, 1.807) is 6.92 Å². The first-order valence-corrected chi connectivity index (χ1v) is 6.22. The molecule has 1 aliphatic rings. The van der Waals surface area contributed by atoms with Crippen molar-refractivity contribution in [2.24, 2.45) is 5.92 Å². The van der Waals surface area contributed by atoms with Crippen LogP contribution in [0.25, 0.3) is 6.08 Å². The number of hydrogen-bond acceptors (Lipinski definition) is 3. The summed E-state index contributed by atoms with van der Waals surface area (Å²) in [5.41, 5.74) is 2.68. The first kappa shape index (κ1) is 12.8. The molecule has 3 nitrogen and oxygen atoms in total. The molecule has 0 spiro atoms. The second-order valence-corrected chi connectivity index (χ2v) is 4.85. The Balaban J connectivity index is 2.03. The summed E-state index contributed by atoms with van der Waals surface area (Å²) in [5.74, 6) is 0.0174. The molecule has 0 bridgehead atoms. The molecule has 2 rings (SSSR count). The summed E-state index contributed by atoms with van der Waals surface area (Å²) < 4.78 is 4.96. The monoisotopic (exact) mass is 246 g/mol. The lowest BCUT2D eigenvalue weighted by atomic mass is 10.0. The van der Waals surface area contributed by atoms with Crippen LogP contribution in [0.2, 0.25) is 0 Å². The van der Waals surface area contributed by atoms with E-state index in [0.717, 1.165) is 17.5 Å². The smallest absolute Gasteiger partial charge is 0.338 e. The van der Waals surface area contributed by atoms with Gasteiger partial charge in [0.05, 0.1) is 11.7 Å². The van der Waals surface area contributed by atoms with Gasteiger partial charge < -0.3 is 9.84 Å². The number of hydrogen-bond donors (Lipinski definition) is 1. The van der Waals surface area contributed by atoms with Crippen molar-refractivity contribution in [3.8, 4) is 0 Å². The second-order valence-electron chi connectivity index (χ2n) is 4.85. The third-order valence-electron chi connectivity index (χ3n) is 3.35. The molecule has 0 fully saturated rings. The molecule has 1 aromatic carbocycles. The van der Waals surface area contributed by atoms with Crippen LogP contribution in [0.3, 0.4) is 0 Å². The summed E-state index contributed by atoms with van der Waals surface area (Å²) in [6.07, 6.45) is 4.61. The molecule has 0 unspecified atom stereocenters. The van der Waals surface area contributed by atoms with Crippen molar-refractivity contribution < 1.29 is 14.6 Å². The van der Waals surface area contributed by atoms with Crippen LogP contribution in [0.1, 0.15) is 41.8 Å². The summed E-state index contributed by atoms with van der Waals surface area (Å²) >= 11 is 0. The molecular weight excluding hydrogens is 228 g/mol. The maximum atomic E-state index is 11.3. The summed E-state index contributed by atoms with van der Waals surface area (Å²) in [5, 5.41) is 9.39. The first-order valence-electron chi connectivity index (χ1n) is 6.22. The maximum Gasteiger partial charge on any atom is 0.338 e. The molecular formula is C15H18O3. The highest BCUT2D eigenvalue weighted by Crippen LogP contribution is 2.21. The van der Waals surface area contributed by atoms with Crippen LogP contribution in [0.5, 0.6) is 0 Å². The van der Waals surface area contributed by atoms with Gasteiger partial charge >= 0.3 is 5.97 Å². The van der Waals surface area contributed by atoms with Crippen molar-refractivity contribution in [2.45, 2.75) is 33.0 Å². The molecule has 18 heavy (non-hydrogen) atoms. The minimum absolute atomic E-state index is 0.233. The third-order valence-corrected chi connectivity index (χ3v) is 3.35. The van der Waals surface area contributed by atoms with Gasteiger partial charge in [0.15, 0.2) is 0 Å². The Morgan fingerprint density at radius 3 is 2.94 bits per heavy atom. The molecule has 1 aromatic rings. The van der Waals surface area contributed by atoms with Gasteiger partial charge in [-0.15, -0.1) is 0 Å². The normalized spacial score (nSPS) is 17.6. The lowest BCUT2D eigenvalue weighted by molar-refractivity contribution is 0.0535. The Morgan fingerprint density at radius 2 is 2.22 bits per heavy atom. The van der Waals surface area contributed by atoms with Crippen LogP contribution in [-0.4, -0.2) is 17.2 Å². The minimum Gasteiger partial charge on any atom is -0.457 e. The Morgan fingerprint density at radius 1 is 1.44 bits per heavy atom. The number of cyclic esters (lactones) is 1. The topological polar surface area (TPSA) is 46.5 Å². The number of carbonyl (C=O) groups is 1. The van der Waals surface area contributed by atoms with Gasteiger partial charge in [-0.3, -0.25) is 0 Å². The lowest BCUT2D eigenvalue weighted by Crippen LogP contribution is -2.11. The molecule has 1 aliphatic heterocycles. The van der Waals surface area contributed by atoms with E-state index >= 15 is 0 Å². The summed E-state index contributed by atoms with van der Waals surface area (Å²) in [7, 11) is 0. The van der Waals surface area contributed by atoms with E-state index in [0.29, 0.717) is 12.2 Å². The average molecular weight is 246 g/mol. The fraction of sp³-hybridized carbons (Fsp3) is 0.400. The number of ether oxygens (including phenoxy) is 1. The number of carbonyl (C=O) groups excluding carboxylic acids is 1. The van der Waals surface area contributed by atoms with Crippen molar-refractivity contribution in [1.82, 2.24) is 0 Å². The highest BCUT2D eigenvalue weighted by Gasteiger charge is 2.20. The SMILES string of the molecule is C[C@H](O)[C@H](C)C/C=C/c1ccc2c(c1)COC2=O. The second kappa shape index (κ2) is 5.36. The van der Waals surface area contributed by atoms with Gasteiger partial charge in [-0.25, -0.2) is 4.79 Å². The van der Waals surface area contributed by atoms with Gasteiger partial charge in [-0.2, -0.15) is 0 Å². The quantitative estimate of drug-likeness (QED) is 0.831. The van der Waals surface area contributed by atoms with Gasteiger partial charge in [-0.1, -0.05) is 25.1 Å². The molecule has 3 heteroatoms. The van der Waals surface area contributed by atoms with E-state index in [1.165, 1.54) is 0 Å². The summed E-state index contributed by atoms with van der Waals surface area (Å²) in [6, 6.07) is 5.70. The largest absolute Gasteiger partial charge is 0.457 e. The van der Waals surface area contributed by atoms with Crippen LogP contribution in [0, 0.1) is 5.92 Å². The Labute approximate surface area is 107 Å². The average Bonchev–Trinajstić information content (AvgIpc) is 2.70. The number of esters is 1. The van der Waals surface area contributed by atoms with Crippen molar-refractivity contribution in [3.63, 3.8) is 0 Å². The van der Waals surface area contributed by atoms with Gasteiger partial charge in [0, 0.05) is 5.56 Å². The number of aliphatic hydroxyl groups excluding tert-OH is 1. The Kier molecular flexibility index (Phi) is 3.82. The summed E-state index contributed by atoms with van der Waals surface area (Å²) in [4.78, 5) is 11.3. The molecule has 1 N–H and O–H groups in total. The zero-order valence-corrected chi connectivity index (χ0v) is 10.7. The highest BCUT2D eigenvalue weighted by atomic mass is 16.5. The highest BCUT2D eigenvalue weighted by molar-refractivity contribution is 5.93. The van der Waals surface area contributed by atoms with Crippen LogP contribution < -0.4 is 0 Å². The van der Waals surface area contributed by atoms with Gasteiger partial charge in [-0.05, 0) is 37.0 Å². The van der Waals surface area contributed by atoms with E-state index in [4.69, 9.17) is 4.74 Å². The molecule has 96 valence electrons. The van der Waals surface area contributed by atoms with E-state index in [2.05, 4.69) is 6.08 Å². The molecule has 0 amide bonds. The van der Waals surface area contributed by atoms with Gasteiger partial charge in [0.25, 0.3) is 0 Å². The van der Waals surface area contributed by atoms with E-state index in [9.17, 15) is 9.90 Å². The molecule has 0 aromatic heterocycles. The van der Waals surface area contributed by atoms with Crippen molar-refractivity contribution in [2.75, 3.05) is 0 Å². The van der Waals surface area contributed by atoms with Gasteiger partial charge in [0.2, 0.25) is 0 Å². The van der Waals surface area contributed by atoms with E-state index < -0.39 is 0 Å². The molecule has 0 saturated carbocycles. The van der Waals surface area contributed by atoms with Crippen LogP contribution in [0.4, 0.5) is 0 Å². The minimum atomic E-state index is -0.291. The zero-order valence-electron chi connectivity index (χ0n) is 10.7. The Bertz CT molecular complexity index is 475. The van der Waals surface area contributed by atoms with Gasteiger partial charge in [0.1, 0.15) is 6.61 Å². The predicted molar refractivity (Wildman–Crippen MR) is 70.1 cm³/mol. The predicted octanol–water partition coefficient (Wildman–Crippen LogP) is 2.78. The molecule has 2 atom stereocenters. The maximum absolute atomic E-state index is 11.3. The summed E-state index contributed by atoms with van der Waals surface area (Å²) in [6.45, 7) is 4.20. The molecule has 0 aliphatic carbocycles. The number of allylic oxidation sites excluding steroid dienone is 1. The van der Waals surface area contributed by atoms with E-state index in [1.807, 2.05) is 31.2 Å². The Hall–Kier alpha value is -1.61. The zero-order chi connectivity index (χ0) is 13.1. The number of aliphatic hydroxyl groups is 1. The number of rotatable bonds is 4. The molecule has 1 heterocycles. The fourth-order valence-electron chi connectivity index (χ4n) is 1.87. The van der Waals surface area contributed by atoms with Crippen molar-refractivity contribution in [1.29, 1.82) is 0 Å². The van der Waals surface area contributed by atoms with Crippen LogP contribution >= 0.6 is 0 Å². The van der Waals surface area contributed by atoms with Crippen molar-refractivity contribution in [3.05, 3.63) is 41.0 Å². The third kappa shape index (κ3) is 2.79. The molecule has 0 saturated heterocycles. The first-order chi connectivity index (χ1) is 8.58. The van der Waals surface area contributed by atoms with E-state index in [-0.39, 0.29) is 18.0 Å². The molecule has 0 radical (unpaired) electrons. The number of benzene rings is 1. The lowest BCUT2D eigenvalue weighted by Gasteiger charge is -2.11. The standard InChI is InChI=1S/C15H18O3/c1-10(11(2)16)4-3-5-12-6-7-14-13(8-12)9-18-15(14)17/h3,5-8,10-11,16H,4,9H2,1-2H3/b5-3+/t10-,11+/m1/s1. The fourth-order valence-corrected chi connectivity index (χ4v) is 1.87. The number of fused-ring (bicyclic) bond motifs is 1. The van der Waals surface area contributed by atoms with Crippen LogP contribution in [-0.2, 0) is 11.3 Å². The van der Waals surface area contributed by atoms with Crippen LogP contribution in [0.15, 0.2) is 24.3 Å².